The summed E-state index contributed by atoms with van der Waals surface area (Å²) in [5, 5.41) is 8.90. The van der Waals surface area contributed by atoms with Crippen molar-refractivity contribution in [1.82, 2.24) is 4.98 Å². The van der Waals surface area contributed by atoms with Crippen molar-refractivity contribution >= 4 is 5.97 Å². The molecule has 74 valence electrons. The molecule has 14 heavy (non-hydrogen) atoms. The Balaban J connectivity index is 2.47. The molecule has 0 aliphatic heterocycles. The van der Waals surface area contributed by atoms with Gasteiger partial charge in [0.25, 0.3) is 0 Å². The van der Waals surface area contributed by atoms with E-state index in [4.69, 9.17) is 5.11 Å². The Morgan fingerprint density at radius 3 is 2.64 bits per heavy atom. The molecule has 4 heteroatoms. The summed E-state index contributed by atoms with van der Waals surface area (Å²) >= 11 is 0. The minimum Gasteiger partial charge on any atom is -0.478 e. The fourth-order valence-corrected chi connectivity index (χ4v) is 1.70. The lowest BCUT2D eigenvalue weighted by molar-refractivity contribution is 0.0693. The summed E-state index contributed by atoms with van der Waals surface area (Å²) in [6, 6.07) is 2.64. The highest BCUT2D eigenvalue weighted by Crippen LogP contribution is 2.36. The SMILES string of the molecule is O=C(O)c1ccc(=O)[nH]c1C1CCC1. The lowest BCUT2D eigenvalue weighted by Crippen LogP contribution is -2.20. The number of carbonyl (C=O) groups is 1. The number of hydrogen-bond donors (Lipinski definition) is 2. The molecule has 0 aromatic carbocycles. The Hall–Kier alpha value is -1.58. The summed E-state index contributed by atoms with van der Waals surface area (Å²) in [6.45, 7) is 0. The largest absolute Gasteiger partial charge is 0.478 e. The summed E-state index contributed by atoms with van der Waals surface area (Å²) in [5.41, 5.74) is 0.599. The maximum atomic E-state index is 11.1. The van der Waals surface area contributed by atoms with Crippen LogP contribution in [0.15, 0.2) is 16.9 Å². The average molecular weight is 193 g/mol. The number of nitrogens with one attached hydrogen (secondary N) is 1. The van der Waals surface area contributed by atoms with E-state index < -0.39 is 5.97 Å². The van der Waals surface area contributed by atoms with Gasteiger partial charge in [0.05, 0.1) is 5.56 Å². The zero-order chi connectivity index (χ0) is 10.1. The van der Waals surface area contributed by atoms with Crippen LogP contribution in [0, 0.1) is 0 Å². The highest BCUT2D eigenvalue weighted by molar-refractivity contribution is 5.89. The van der Waals surface area contributed by atoms with E-state index in [-0.39, 0.29) is 17.0 Å². The predicted octanol–water partition coefficient (Wildman–Crippen LogP) is 1.34. The Labute approximate surface area is 80.6 Å². The first-order valence-electron chi connectivity index (χ1n) is 4.65. The van der Waals surface area contributed by atoms with Crippen molar-refractivity contribution < 1.29 is 9.90 Å². The molecule has 0 spiro atoms. The number of hydrogen-bond acceptors (Lipinski definition) is 2. The van der Waals surface area contributed by atoms with Crippen LogP contribution in [0.25, 0.3) is 0 Å². The second-order valence-electron chi connectivity index (χ2n) is 3.58. The number of aromatic carboxylic acids is 1. The smallest absolute Gasteiger partial charge is 0.337 e. The van der Waals surface area contributed by atoms with Gasteiger partial charge in [-0.25, -0.2) is 4.79 Å². The van der Waals surface area contributed by atoms with E-state index in [9.17, 15) is 9.59 Å². The van der Waals surface area contributed by atoms with Crippen LogP contribution in [0.1, 0.15) is 41.2 Å². The number of carboxylic acids is 1. The third-order valence-electron chi connectivity index (χ3n) is 2.69. The third kappa shape index (κ3) is 1.43. The van der Waals surface area contributed by atoms with E-state index in [0.717, 1.165) is 19.3 Å². The molecule has 1 heterocycles. The molecule has 0 bridgehead atoms. The van der Waals surface area contributed by atoms with Crippen LogP contribution < -0.4 is 5.56 Å². The highest BCUT2D eigenvalue weighted by atomic mass is 16.4. The van der Waals surface area contributed by atoms with Gasteiger partial charge in [0.2, 0.25) is 5.56 Å². The zero-order valence-electron chi connectivity index (χ0n) is 7.62. The highest BCUT2D eigenvalue weighted by Gasteiger charge is 2.25. The number of H-pyrrole nitrogens is 1. The minimum absolute atomic E-state index is 0.225. The van der Waals surface area contributed by atoms with Crippen LogP contribution in [-0.2, 0) is 0 Å². The second kappa shape index (κ2) is 3.29. The van der Waals surface area contributed by atoms with Crippen molar-refractivity contribution in [2.24, 2.45) is 0 Å². The first kappa shape index (κ1) is 8.99. The minimum atomic E-state index is -0.969. The van der Waals surface area contributed by atoms with Crippen molar-refractivity contribution in [3.8, 4) is 0 Å². The maximum Gasteiger partial charge on any atom is 0.337 e. The van der Waals surface area contributed by atoms with Gasteiger partial charge < -0.3 is 10.1 Å². The second-order valence-corrected chi connectivity index (χ2v) is 3.58. The Morgan fingerprint density at radius 1 is 1.43 bits per heavy atom. The van der Waals surface area contributed by atoms with Gasteiger partial charge in [-0.1, -0.05) is 6.42 Å². The van der Waals surface area contributed by atoms with Gasteiger partial charge in [-0.15, -0.1) is 0 Å². The first-order chi connectivity index (χ1) is 6.68. The van der Waals surface area contributed by atoms with Crippen molar-refractivity contribution in [3.63, 3.8) is 0 Å². The number of aromatic nitrogens is 1. The summed E-state index contributed by atoms with van der Waals surface area (Å²) < 4.78 is 0. The molecule has 0 saturated heterocycles. The van der Waals surface area contributed by atoms with Crippen LogP contribution >= 0.6 is 0 Å². The molecule has 1 aliphatic rings. The molecule has 1 aliphatic carbocycles. The number of pyridine rings is 1. The van der Waals surface area contributed by atoms with Crippen LogP contribution in [0.5, 0.6) is 0 Å². The molecule has 2 N–H and O–H groups in total. The fourth-order valence-electron chi connectivity index (χ4n) is 1.70. The Bertz CT molecular complexity index is 418. The quantitative estimate of drug-likeness (QED) is 0.744. The van der Waals surface area contributed by atoms with Crippen molar-refractivity contribution in [2.45, 2.75) is 25.2 Å². The lowest BCUT2D eigenvalue weighted by atomic mass is 9.81. The molecule has 1 saturated carbocycles. The molecule has 1 aromatic heterocycles. The first-order valence-corrected chi connectivity index (χ1v) is 4.65. The van der Waals surface area contributed by atoms with Gasteiger partial charge in [0, 0.05) is 11.8 Å². The Kier molecular flexibility index (Phi) is 2.11. The standard InChI is InChI=1S/C10H11NO3/c12-8-5-4-7(10(13)14)9(11-8)6-2-1-3-6/h4-6H,1-3H2,(H,11,12)(H,13,14). The van der Waals surface area contributed by atoms with E-state index in [0.29, 0.717) is 5.69 Å². The topological polar surface area (TPSA) is 70.2 Å². The van der Waals surface area contributed by atoms with Gasteiger partial charge in [-0.05, 0) is 24.8 Å². The molecule has 1 fully saturated rings. The molecular weight excluding hydrogens is 182 g/mol. The molecule has 0 amide bonds. The van der Waals surface area contributed by atoms with Gasteiger partial charge in [0.1, 0.15) is 0 Å². The fraction of sp³-hybridized carbons (Fsp3) is 0.400. The summed E-state index contributed by atoms with van der Waals surface area (Å²) in [6.07, 6.45) is 3.06. The molecule has 0 atom stereocenters. The van der Waals surface area contributed by atoms with E-state index in [1.54, 1.807) is 0 Å². The van der Waals surface area contributed by atoms with Gasteiger partial charge in [-0.2, -0.15) is 0 Å². The lowest BCUT2D eigenvalue weighted by Gasteiger charge is -2.26. The van der Waals surface area contributed by atoms with Crippen molar-refractivity contribution in [2.75, 3.05) is 0 Å². The monoisotopic (exact) mass is 193 g/mol. The zero-order valence-corrected chi connectivity index (χ0v) is 7.62. The average Bonchev–Trinajstić information content (AvgIpc) is 2.00. The van der Waals surface area contributed by atoms with Crippen LogP contribution in [0.2, 0.25) is 0 Å². The van der Waals surface area contributed by atoms with Crippen LogP contribution in [0.4, 0.5) is 0 Å². The summed E-state index contributed by atoms with van der Waals surface area (Å²) in [7, 11) is 0. The van der Waals surface area contributed by atoms with E-state index >= 15 is 0 Å². The van der Waals surface area contributed by atoms with E-state index in [2.05, 4.69) is 4.98 Å². The van der Waals surface area contributed by atoms with Crippen molar-refractivity contribution in [3.05, 3.63) is 33.7 Å². The number of rotatable bonds is 2. The normalized spacial score (nSPS) is 16.3. The van der Waals surface area contributed by atoms with Crippen molar-refractivity contribution in [1.29, 1.82) is 0 Å². The van der Waals surface area contributed by atoms with Crippen LogP contribution in [-0.4, -0.2) is 16.1 Å². The molecule has 0 radical (unpaired) electrons. The predicted molar refractivity (Wildman–Crippen MR) is 50.6 cm³/mol. The molecule has 2 rings (SSSR count). The number of carboxylic acid groups (broad SMARTS) is 1. The van der Waals surface area contributed by atoms with Gasteiger partial charge >= 0.3 is 5.97 Å². The maximum absolute atomic E-state index is 11.1. The molecule has 0 unspecified atom stereocenters. The Morgan fingerprint density at radius 2 is 2.14 bits per heavy atom. The third-order valence-corrected chi connectivity index (χ3v) is 2.69. The molecule has 1 aromatic rings. The van der Waals surface area contributed by atoms with Crippen LogP contribution in [0.3, 0.4) is 0 Å². The molecule has 4 nitrogen and oxygen atoms in total. The van der Waals surface area contributed by atoms with Gasteiger partial charge in [-0.3, -0.25) is 4.79 Å². The number of aromatic amines is 1. The summed E-state index contributed by atoms with van der Waals surface area (Å²) in [5.74, 6) is -0.738. The summed E-state index contributed by atoms with van der Waals surface area (Å²) in [4.78, 5) is 24.5. The van der Waals surface area contributed by atoms with E-state index in [1.165, 1.54) is 12.1 Å². The van der Waals surface area contributed by atoms with Gasteiger partial charge in [0.15, 0.2) is 0 Å². The van der Waals surface area contributed by atoms with E-state index in [1.807, 2.05) is 0 Å². The molecular formula is C10H11NO3.